The molecule has 1 fully saturated rings. The van der Waals surface area contributed by atoms with Gasteiger partial charge >= 0.3 is 6.03 Å². The summed E-state index contributed by atoms with van der Waals surface area (Å²) in [4.78, 5) is 34.9. The first-order valence-corrected chi connectivity index (χ1v) is 12.0. The van der Waals surface area contributed by atoms with Crippen molar-refractivity contribution in [2.75, 3.05) is 31.5 Å². The van der Waals surface area contributed by atoms with Gasteiger partial charge in [-0.15, -0.1) is 0 Å². The van der Waals surface area contributed by atoms with E-state index in [1.807, 2.05) is 89.8 Å². The SMILES string of the molecule is CCc1ccccc1NC(=O)N1CCN(C(=O)c2cc(-c3ccccc3)nc3ccccc23)CC1. The highest BCUT2D eigenvalue weighted by Gasteiger charge is 2.26. The number of nitrogens with one attached hydrogen (secondary N) is 1. The second-order valence-corrected chi connectivity index (χ2v) is 8.66. The van der Waals surface area contributed by atoms with Crippen LogP contribution in [0.15, 0.2) is 84.9 Å². The largest absolute Gasteiger partial charge is 0.335 e. The summed E-state index contributed by atoms with van der Waals surface area (Å²) in [6, 6.07) is 27.3. The first-order valence-electron chi connectivity index (χ1n) is 12.0. The summed E-state index contributed by atoms with van der Waals surface area (Å²) in [6.07, 6.45) is 0.851. The molecular weight excluding hydrogens is 436 g/mol. The molecule has 1 N–H and O–H groups in total. The number of amides is 3. The number of pyridine rings is 1. The van der Waals surface area contributed by atoms with Crippen molar-refractivity contribution >= 4 is 28.5 Å². The van der Waals surface area contributed by atoms with Crippen molar-refractivity contribution in [3.05, 3.63) is 96.1 Å². The number of carbonyl (C=O) groups is 2. The van der Waals surface area contributed by atoms with Crippen molar-refractivity contribution in [3.8, 4) is 11.3 Å². The lowest BCUT2D eigenvalue weighted by Crippen LogP contribution is -2.51. The molecular formula is C29H28N4O2. The van der Waals surface area contributed by atoms with Crippen LogP contribution in [0, 0.1) is 0 Å². The molecule has 1 aliphatic heterocycles. The number of carbonyl (C=O) groups excluding carboxylic acids is 2. The minimum atomic E-state index is -0.126. The van der Waals surface area contributed by atoms with E-state index >= 15 is 0 Å². The Morgan fingerprint density at radius 3 is 2.26 bits per heavy atom. The third-order valence-electron chi connectivity index (χ3n) is 6.51. The number of aryl methyl sites for hydroxylation is 1. The van der Waals surface area contributed by atoms with Crippen LogP contribution < -0.4 is 5.32 Å². The minimum absolute atomic E-state index is 0.0304. The lowest BCUT2D eigenvalue weighted by atomic mass is 10.0. The maximum atomic E-state index is 13.6. The first kappa shape index (κ1) is 22.6. The Morgan fingerprint density at radius 2 is 1.49 bits per heavy atom. The molecule has 3 aromatic carbocycles. The molecule has 0 unspecified atom stereocenters. The van der Waals surface area contributed by atoms with E-state index in [-0.39, 0.29) is 11.9 Å². The number of para-hydroxylation sites is 2. The van der Waals surface area contributed by atoms with E-state index in [0.717, 1.165) is 39.8 Å². The highest BCUT2D eigenvalue weighted by atomic mass is 16.2. The molecule has 35 heavy (non-hydrogen) atoms. The summed E-state index contributed by atoms with van der Waals surface area (Å²) in [5.74, 6) is -0.0304. The number of nitrogens with zero attached hydrogens (tertiary/aromatic N) is 3. The number of hydrogen-bond acceptors (Lipinski definition) is 3. The number of fused-ring (bicyclic) bond motifs is 1. The van der Waals surface area contributed by atoms with E-state index in [1.54, 1.807) is 4.90 Å². The monoisotopic (exact) mass is 464 g/mol. The van der Waals surface area contributed by atoms with Crippen LogP contribution in [0.2, 0.25) is 0 Å². The van der Waals surface area contributed by atoms with E-state index in [1.165, 1.54) is 0 Å². The molecule has 6 heteroatoms. The smallest absolute Gasteiger partial charge is 0.321 e. The lowest BCUT2D eigenvalue weighted by Gasteiger charge is -2.35. The molecule has 0 radical (unpaired) electrons. The zero-order valence-electron chi connectivity index (χ0n) is 19.8. The van der Waals surface area contributed by atoms with E-state index in [9.17, 15) is 9.59 Å². The average Bonchev–Trinajstić information content (AvgIpc) is 2.93. The third-order valence-corrected chi connectivity index (χ3v) is 6.51. The van der Waals surface area contributed by atoms with Gasteiger partial charge in [-0.25, -0.2) is 9.78 Å². The Hall–Kier alpha value is -4.19. The Balaban J connectivity index is 1.33. The number of benzene rings is 3. The second-order valence-electron chi connectivity index (χ2n) is 8.66. The van der Waals surface area contributed by atoms with Gasteiger partial charge in [0.2, 0.25) is 0 Å². The van der Waals surface area contributed by atoms with E-state index in [4.69, 9.17) is 4.98 Å². The fraction of sp³-hybridized carbons (Fsp3) is 0.207. The maximum absolute atomic E-state index is 13.6. The van der Waals surface area contributed by atoms with Crippen LogP contribution in [-0.4, -0.2) is 52.9 Å². The molecule has 5 rings (SSSR count). The van der Waals surface area contributed by atoms with Gasteiger partial charge in [0.05, 0.1) is 16.8 Å². The number of anilines is 1. The van der Waals surface area contributed by atoms with Crippen LogP contribution in [0.5, 0.6) is 0 Å². The molecule has 4 aromatic rings. The number of aromatic nitrogens is 1. The Kier molecular flexibility index (Phi) is 6.44. The zero-order valence-corrected chi connectivity index (χ0v) is 19.8. The van der Waals surface area contributed by atoms with Gasteiger partial charge in [0.25, 0.3) is 5.91 Å². The molecule has 2 heterocycles. The van der Waals surface area contributed by atoms with Crippen molar-refractivity contribution in [2.45, 2.75) is 13.3 Å². The van der Waals surface area contributed by atoms with Crippen molar-refractivity contribution in [2.24, 2.45) is 0 Å². The normalized spacial score (nSPS) is 13.6. The van der Waals surface area contributed by atoms with Gasteiger partial charge in [0, 0.05) is 42.8 Å². The summed E-state index contributed by atoms with van der Waals surface area (Å²) < 4.78 is 0. The average molecular weight is 465 g/mol. The van der Waals surface area contributed by atoms with Crippen LogP contribution in [-0.2, 0) is 6.42 Å². The van der Waals surface area contributed by atoms with E-state index < -0.39 is 0 Å². The van der Waals surface area contributed by atoms with Crippen molar-refractivity contribution in [1.82, 2.24) is 14.8 Å². The quantitative estimate of drug-likeness (QED) is 0.437. The topological polar surface area (TPSA) is 65.5 Å². The van der Waals surface area contributed by atoms with Crippen LogP contribution in [0.1, 0.15) is 22.8 Å². The maximum Gasteiger partial charge on any atom is 0.321 e. The molecule has 0 bridgehead atoms. The summed E-state index contributed by atoms with van der Waals surface area (Å²) in [5, 5.41) is 3.87. The highest BCUT2D eigenvalue weighted by Crippen LogP contribution is 2.26. The Labute approximate surface area is 205 Å². The van der Waals surface area contributed by atoms with Crippen LogP contribution in [0.4, 0.5) is 10.5 Å². The molecule has 3 amide bonds. The standard InChI is InChI=1S/C29H28N4O2/c1-2-21-10-6-8-14-25(21)31-29(35)33-18-16-32(17-19-33)28(34)24-20-27(22-11-4-3-5-12-22)30-26-15-9-7-13-23(24)26/h3-15,20H,2,16-19H2,1H3,(H,31,35). The molecule has 6 nitrogen and oxygen atoms in total. The lowest BCUT2D eigenvalue weighted by molar-refractivity contribution is 0.0673. The van der Waals surface area contributed by atoms with Gasteiger partial charge in [-0.2, -0.15) is 0 Å². The minimum Gasteiger partial charge on any atom is -0.335 e. The zero-order chi connectivity index (χ0) is 24.2. The summed E-state index contributed by atoms with van der Waals surface area (Å²) in [6.45, 7) is 4.01. The molecule has 0 saturated carbocycles. The number of hydrogen-bond donors (Lipinski definition) is 1. The van der Waals surface area contributed by atoms with Crippen LogP contribution >= 0.6 is 0 Å². The van der Waals surface area contributed by atoms with Crippen LogP contribution in [0.3, 0.4) is 0 Å². The second kappa shape index (κ2) is 9.97. The van der Waals surface area contributed by atoms with Crippen LogP contribution in [0.25, 0.3) is 22.2 Å². The number of piperazine rings is 1. The van der Waals surface area contributed by atoms with Gasteiger partial charge in [0.1, 0.15) is 0 Å². The van der Waals surface area contributed by atoms with Gasteiger partial charge in [-0.05, 0) is 30.2 Å². The fourth-order valence-electron chi connectivity index (χ4n) is 4.54. The molecule has 176 valence electrons. The molecule has 0 spiro atoms. The summed E-state index contributed by atoms with van der Waals surface area (Å²) in [7, 11) is 0. The summed E-state index contributed by atoms with van der Waals surface area (Å²) >= 11 is 0. The molecule has 1 saturated heterocycles. The third kappa shape index (κ3) is 4.73. The van der Waals surface area contributed by atoms with E-state index in [0.29, 0.717) is 31.7 Å². The van der Waals surface area contributed by atoms with Gasteiger partial charge in [-0.3, -0.25) is 4.79 Å². The number of rotatable bonds is 4. The predicted molar refractivity (Wildman–Crippen MR) is 139 cm³/mol. The first-order chi connectivity index (χ1) is 17.1. The molecule has 0 aliphatic carbocycles. The number of urea groups is 1. The molecule has 1 aromatic heterocycles. The van der Waals surface area contributed by atoms with Crippen molar-refractivity contribution < 1.29 is 9.59 Å². The predicted octanol–water partition coefficient (Wildman–Crippen LogP) is 5.45. The Bertz CT molecular complexity index is 1360. The van der Waals surface area contributed by atoms with E-state index in [2.05, 4.69) is 12.2 Å². The van der Waals surface area contributed by atoms with Gasteiger partial charge in [0.15, 0.2) is 0 Å². The Morgan fingerprint density at radius 1 is 0.829 bits per heavy atom. The van der Waals surface area contributed by atoms with Crippen molar-refractivity contribution in [1.29, 1.82) is 0 Å². The molecule has 0 atom stereocenters. The fourth-order valence-corrected chi connectivity index (χ4v) is 4.54. The van der Waals surface area contributed by atoms with Gasteiger partial charge < -0.3 is 15.1 Å². The summed E-state index contributed by atoms with van der Waals surface area (Å²) in [5.41, 5.74) is 5.14. The highest BCUT2D eigenvalue weighted by molar-refractivity contribution is 6.07. The van der Waals surface area contributed by atoms with Crippen molar-refractivity contribution in [3.63, 3.8) is 0 Å². The molecule has 1 aliphatic rings. The van der Waals surface area contributed by atoms with Gasteiger partial charge in [-0.1, -0.05) is 73.7 Å².